The fourth-order valence-corrected chi connectivity index (χ4v) is 4.17. The molecule has 2 aliphatic rings. The quantitative estimate of drug-likeness (QED) is 0.856. The predicted molar refractivity (Wildman–Crippen MR) is 83.3 cm³/mol. The predicted octanol–water partition coefficient (Wildman–Crippen LogP) is 3.39. The van der Waals surface area contributed by atoms with Crippen LogP contribution in [0.15, 0.2) is 0 Å². The molecule has 1 saturated heterocycles. The largest absolute Gasteiger partial charge is 0.323 e. The van der Waals surface area contributed by atoms with Crippen LogP contribution in [0.3, 0.4) is 0 Å². The summed E-state index contributed by atoms with van der Waals surface area (Å²) < 4.78 is 0. The maximum atomic E-state index is 12.8. The number of nitrogens with zero attached hydrogens (tertiary/aromatic N) is 1. The summed E-state index contributed by atoms with van der Waals surface area (Å²) >= 11 is 0. The fraction of sp³-hybridized carbons (Fsp3) is 0.941. The first kappa shape index (κ1) is 15.8. The number of carbonyl (C=O) groups excluding carboxylic acids is 1. The van der Waals surface area contributed by atoms with Crippen molar-refractivity contribution in [2.75, 3.05) is 0 Å². The average Bonchev–Trinajstić information content (AvgIpc) is 2.63. The Kier molecular flexibility index (Phi) is 5.11. The van der Waals surface area contributed by atoms with E-state index in [4.69, 9.17) is 0 Å². The molecule has 116 valence electrons. The Morgan fingerprint density at radius 1 is 1.20 bits per heavy atom. The molecule has 1 saturated carbocycles. The van der Waals surface area contributed by atoms with E-state index in [1.54, 1.807) is 0 Å². The molecule has 2 fully saturated rings. The Hall–Kier alpha value is -0.570. The zero-order valence-corrected chi connectivity index (χ0v) is 13.9. The van der Waals surface area contributed by atoms with E-state index in [1.165, 1.54) is 25.7 Å². The van der Waals surface area contributed by atoms with Gasteiger partial charge in [-0.3, -0.25) is 10.1 Å². The molecule has 0 radical (unpaired) electrons. The highest BCUT2D eigenvalue weighted by Gasteiger charge is 2.43. The normalized spacial score (nSPS) is 35.4. The van der Waals surface area contributed by atoms with Crippen LogP contribution in [0, 0.1) is 17.8 Å². The molecule has 2 rings (SSSR count). The third-order valence-corrected chi connectivity index (χ3v) is 5.11. The van der Waals surface area contributed by atoms with Gasteiger partial charge in [0.15, 0.2) is 0 Å². The van der Waals surface area contributed by atoms with E-state index in [-0.39, 0.29) is 12.2 Å². The number of hydrogen-bond acceptors (Lipinski definition) is 2. The Balaban J connectivity index is 2.12. The molecule has 0 aromatic rings. The average molecular weight is 280 g/mol. The Labute approximate surface area is 124 Å². The summed E-state index contributed by atoms with van der Waals surface area (Å²) in [4.78, 5) is 15.0. The maximum absolute atomic E-state index is 12.8. The summed E-state index contributed by atoms with van der Waals surface area (Å²) in [6.45, 7) is 11.2. The van der Waals surface area contributed by atoms with E-state index in [1.807, 2.05) is 0 Å². The first-order valence-corrected chi connectivity index (χ1v) is 8.50. The van der Waals surface area contributed by atoms with Gasteiger partial charge in [-0.05, 0) is 43.9 Å². The fourth-order valence-electron chi connectivity index (χ4n) is 4.17. The van der Waals surface area contributed by atoms with Crippen LogP contribution in [0.1, 0.15) is 66.7 Å². The molecule has 0 spiro atoms. The summed E-state index contributed by atoms with van der Waals surface area (Å²) in [7, 11) is 0. The third kappa shape index (κ3) is 3.19. The molecular formula is C17H32N2O. The second-order valence-electron chi connectivity index (χ2n) is 7.53. The molecule has 4 atom stereocenters. The van der Waals surface area contributed by atoms with Crippen molar-refractivity contribution in [3.05, 3.63) is 0 Å². The highest BCUT2D eigenvalue weighted by Crippen LogP contribution is 2.36. The zero-order valence-electron chi connectivity index (χ0n) is 13.9. The van der Waals surface area contributed by atoms with E-state index in [0.717, 1.165) is 6.42 Å². The van der Waals surface area contributed by atoms with Gasteiger partial charge in [-0.2, -0.15) is 0 Å². The molecular weight excluding hydrogens is 248 g/mol. The SMILES string of the molecule is CC(C)CC1NC(C)N(C2CCCCC2C(C)C)C1=O. The second kappa shape index (κ2) is 6.46. The summed E-state index contributed by atoms with van der Waals surface area (Å²) in [5, 5.41) is 3.52. The topological polar surface area (TPSA) is 32.3 Å². The summed E-state index contributed by atoms with van der Waals surface area (Å²) in [6.07, 6.45) is 6.25. The number of rotatable bonds is 4. The van der Waals surface area contributed by atoms with Gasteiger partial charge in [0.1, 0.15) is 0 Å². The minimum Gasteiger partial charge on any atom is -0.323 e. The van der Waals surface area contributed by atoms with Crippen molar-refractivity contribution in [1.82, 2.24) is 10.2 Å². The number of nitrogens with one attached hydrogen (secondary N) is 1. The summed E-state index contributed by atoms with van der Waals surface area (Å²) in [5.74, 6) is 2.26. The first-order chi connectivity index (χ1) is 9.41. The van der Waals surface area contributed by atoms with Gasteiger partial charge in [0, 0.05) is 6.04 Å². The molecule has 1 N–H and O–H groups in total. The van der Waals surface area contributed by atoms with Gasteiger partial charge in [0.2, 0.25) is 5.91 Å². The van der Waals surface area contributed by atoms with Crippen LogP contribution < -0.4 is 5.32 Å². The number of carbonyl (C=O) groups is 1. The zero-order chi connectivity index (χ0) is 14.9. The van der Waals surface area contributed by atoms with Crippen molar-refractivity contribution in [3.63, 3.8) is 0 Å². The van der Waals surface area contributed by atoms with Crippen LogP contribution in [0.2, 0.25) is 0 Å². The molecule has 3 heteroatoms. The van der Waals surface area contributed by atoms with Gasteiger partial charge in [0.05, 0.1) is 12.2 Å². The molecule has 20 heavy (non-hydrogen) atoms. The number of amides is 1. The van der Waals surface area contributed by atoms with Crippen molar-refractivity contribution in [2.45, 2.75) is 85.0 Å². The standard InChI is InChI=1S/C17H32N2O/c1-11(2)10-15-17(20)19(13(5)18-15)16-9-7-6-8-14(16)12(3)4/h11-16,18H,6-10H2,1-5H3. The molecule has 4 unspecified atom stereocenters. The minimum absolute atomic E-state index is 0.0414. The molecule has 0 bridgehead atoms. The highest BCUT2D eigenvalue weighted by molar-refractivity contribution is 5.84. The molecule has 0 aromatic heterocycles. The highest BCUT2D eigenvalue weighted by atomic mass is 16.2. The van der Waals surface area contributed by atoms with Gasteiger partial charge in [-0.25, -0.2) is 0 Å². The lowest BCUT2D eigenvalue weighted by Crippen LogP contribution is -2.49. The Morgan fingerprint density at radius 3 is 2.45 bits per heavy atom. The first-order valence-electron chi connectivity index (χ1n) is 8.50. The van der Waals surface area contributed by atoms with Crippen LogP contribution in [0.25, 0.3) is 0 Å². The lowest BCUT2D eigenvalue weighted by Gasteiger charge is -2.41. The van der Waals surface area contributed by atoms with Gasteiger partial charge in [-0.1, -0.05) is 40.5 Å². The van der Waals surface area contributed by atoms with Crippen molar-refractivity contribution in [3.8, 4) is 0 Å². The van der Waals surface area contributed by atoms with Gasteiger partial charge in [0.25, 0.3) is 0 Å². The van der Waals surface area contributed by atoms with Crippen molar-refractivity contribution in [2.24, 2.45) is 17.8 Å². The monoisotopic (exact) mass is 280 g/mol. The van der Waals surface area contributed by atoms with Gasteiger partial charge >= 0.3 is 0 Å². The summed E-state index contributed by atoms with van der Waals surface area (Å²) in [6, 6.07) is 0.496. The van der Waals surface area contributed by atoms with E-state index in [0.29, 0.717) is 29.7 Å². The molecule has 0 aromatic carbocycles. The lowest BCUT2D eigenvalue weighted by atomic mass is 9.77. The van der Waals surface area contributed by atoms with Crippen LogP contribution >= 0.6 is 0 Å². The number of hydrogen-bond donors (Lipinski definition) is 1. The molecule has 1 aliphatic carbocycles. The van der Waals surface area contributed by atoms with Gasteiger partial charge < -0.3 is 4.90 Å². The summed E-state index contributed by atoms with van der Waals surface area (Å²) in [5.41, 5.74) is 0. The molecule has 1 amide bonds. The van der Waals surface area contributed by atoms with E-state index in [2.05, 4.69) is 44.8 Å². The maximum Gasteiger partial charge on any atom is 0.241 e. The molecule has 1 aliphatic heterocycles. The van der Waals surface area contributed by atoms with Crippen molar-refractivity contribution < 1.29 is 4.79 Å². The Morgan fingerprint density at radius 2 is 1.85 bits per heavy atom. The Bertz CT molecular complexity index is 340. The smallest absolute Gasteiger partial charge is 0.241 e. The van der Waals surface area contributed by atoms with Crippen LogP contribution in [-0.2, 0) is 4.79 Å². The van der Waals surface area contributed by atoms with Gasteiger partial charge in [-0.15, -0.1) is 0 Å². The van der Waals surface area contributed by atoms with E-state index in [9.17, 15) is 4.79 Å². The molecule has 3 nitrogen and oxygen atoms in total. The lowest BCUT2D eigenvalue weighted by molar-refractivity contribution is -0.134. The third-order valence-electron chi connectivity index (χ3n) is 5.11. The minimum atomic E-state index is 0.0414. The van der Waals surface area contributed by atoms with Crippen LogP contribution in [0.5, 0.6) is 0 Å². The molecule has 1 heterocycles. The van der Waals surface area contributed by atoms with E-state index >= 15 is 0 Å². The van der Waals surface area contributed by atoms with E-state index < -0.39 is 0 Å². The second-order valence-corrected chi connectivity index (χ2v) is 7.53. The van der Waals surface area contributed by atoms with Crippen molar-refractivity contribution >= 4 is 5.91 Å². The van der Waals surface area contributed by atoms with Crippen molar-refractivity contribution in [1.29, 1.82) is 0 Å². The van der Waals surface area contributed by atoms with Crippen LogP contribution in [-0.4, -0.2) is 29.1 Å². The van der Waals surface area contributed by atoms with Crippen LogP contribution in [0.4, 0.5) is 0 Å².